The molecule has 0 saturated carbocycles. The van der Waals surface area contributed by atoms with Crippen molar-refractivity contribution in [2.45, 2.75) is 58.0 Å². The third-order valence-corrected chi connectivity index (χ3v) is 4.41. The van der Waals surface area contributed by atoms with Gasteiger partial charge in [0.2, 0.25) is 0 Å². The molecule has 1 heterocycles. The van der Waals surface area contributed by atoms with E-state index in [1.165, 1.54) is 13.2 Å². The maximum atomic E-state index is 13.6. The van der Waals surface area contributed by atoms with Crippen molar-refractivity contribution in [3.8, 4) is 0 Å². The standard InChI is InChI=1S/C17H24FNO2/c1-6-14(16(20)21-5)19-15-8-7-12(18)9-13(15)11(2)10-17(19,3)4/h7-9,11,14H,6,10H2,1-5H3/t11-,14-/m1/s1. The minimum Gasteiger partial charge on any atom is -0.467 e. The number of carbonyl (C=O) groups is 1. The van der Waals surface area contributed by atoms with Crippen LogP contribution in [-0.4, -0.2) is 24.7 Å². The molecular weight excluding hydrogens is 269 g/mol. The molecule has 2 atom stereocenters. The summed E-state index contributed by atoms with van der Waals surface area (Å²) in [5.41, 5.74) is 1.73. The Morgan fingerprint density at radius 2 is 2.19 bits per heavy atom. The molecule has 2 rings (SSSR count). The third-order valence-electron chi connectivity index (χ3n) is 4.41. The molecule has 1 aliphatic rings. The van der Waals surface area contributed by atoms with Crippen LogP contribution in [0.5, 0.6) is 0 Å². The van der Waals surface area contributed by atoms with Gasteiger partial charge in [0.05, 0.1) is 7.11 Å². The maximum Gasteiger partial charge on any atom is 0.328 e. The second-order valence-electron chi connectivity index (χ2n) is 6.44. The predicted molar refractivity (Wildman–Crippen MR) is 82.1 cm³/mol. The summed E-state index contributed by atoms with van der Waals surface area (Å²) >= 11 is 0. The van der Waals surface area contributed by atoms with E-state index < -0.39 is 0 Å². The van der Waals surface area contributed by atoms with Gasteiger partial charge >= 0.3 is 5.97 Å². The second-order valence-corrected chi connectivity index (χ2v) is 6.44. The van der Waals surface area contributed by atoms with Crippen LogP contribution in [0.25, 0.3) is 0 Å². The molecule has 116 valence electrons. The molecule has 0 unspecified atom stereocenters. The Bertz CT molecular complexity index is 542. The van der Waals surface area contributed by atoms with Crippen LogP contribution < -0.4 is 4.90 Å². The minimum absolute atomic E-state index is 0.181. The number of rotatable bonds is 3. The molecule has 1 aromatic rings. The molecule has 0 amide bonds. The normalized spacial score (nSPS) is 21.6. The first-order chi connectivity index (χ1) is 9.81. The number of esters is 1. The molecule has 3 nitrogen and oxygen atoms in total. The van der Waals surface area contributed by atoms with Gasteiger partial charge in [-0.3, -0.25) is 0 Å². The maximum absolute atomic E-state index is 13.6. The van der Waals surface area contributed by atoms with Gasteiger partial charge in [0.1, 0.15) is 11.9 Å². The van der Waals surface area contributed by atoms with E-state index in [0.29, 0.717) is 6.42 Å². The molecule has 0 bridgehead atoms. The van der Waals surface area contributed by atoms with Gasteiger partial charge in [0, 0.05) is 11.2 Å². The number of hydrogen-bond acceptors (Lipinski definition) is 3. The number of carbonyl (C=O) groups excluding carboxylic acids is 1. The largest absolute Gasteiger partial charge is 0.467 e. The zero-order valence-corrected chi connectivity index (χ0v) is 13.4. The Hall–Kier alpha value is -1.58. The van der Waals surface area contributed by atoms with Crippen molar-refractivity contribution in [1.82, 2.24) is 0 Å². The summed E-state index contributed by atoms with van der Waals surface area (Å²) in [6, 6.07) is 4.49. The van der Waals surface area contributed by atoms with Crippen LogP contribution in [0.15, 0.2) is 18.2 Å². The Morgan fingerprint density at radius 3 is 2.76 bits per heavy atom. The summed E-state index contributed by atoms with van der Waals surface area (Å²) in [5.74, 6) is -0.209. The smallest absolute Gasteiger partial charge is 0.328 e. The van der Waals surface area contributed by atoms with Crippen molar-refractivity contribution in [2.75, 3.05) is 12.0 Å². The summed E-state index contributed by atoms with van der Waals surface area (Å²) in [7, 11) is 1.41. The van der Waals surface area contributed by atoms with Crippen molar-refractivity contribution in [2.24, 2.45) is 0 Å². The summed E-state index contributed by atoms with van der Waals surface area (Å²) in [6.07, 6.45) is 1.53. The van der Waals surface area contributed by atoms with Crippen LogP contribution in [-0.2, 0) is 9.53 Å². The van der Waals surface area contributed by atoms with Crippen molar-refractivity contribution in [3.05, 3.63) is 29.6 Å². The molecular formula is C17H24FNO2. The van der Waals surface area contributed by atoms with Gasteiger partial charge < -0.3 is 9.64 Å². The van der Waals surface area contributed by atoms with Crippen LogP contribution in [0.2, 0.25) is 0 Å². The molecule has 0 saturated heterocycles. The Balaban J connectivity index is 2.57. The number of benzene rings is 1. The average molecular weight is 293 g/mol. The summed E-state index contributed by atoms with van der Waals surface area (Å²) in [6.45, 7) is 8.33. The molecule has 0 N–H and O–H groups in total. The van der Waals surface area contributed by atoms with E-state index in [9.17, 15) is 9.18 Å². The second kappa shape index (κ2) is 5.66. The SMILES string of the molecule is CC[C@H](C(=O)OC)N1c2ccc(F)cc2[C@H](C)CC1(C)C. The van der Waals surface area contributed by atoms with Crippen LogP contribution in [0, 0.1) is 5.82 Å². The van der Waals surface area contributed by atoms with Crippen molar-refractivity contribution >= 4 is 11.7 Å². The molecule has 4 heteroatoms. The highest BCUT2D eigenvalue weighted by Crippen LogP contribution is 2.45. The number of anilines is 1. The zero-order valence-electron chi connectivity index (χ0n) is 13.4. The molecule has 1 aromatic carbocycles. The van der Waals surface area contributed by atoms with E-state index in [-0.39, 0.29) is 29.3 Å². The summed E-state index contributed by atoms with van der Waals surface area (Å²) in [5, 5.41) is 0. The predicted octanol–water partition coefficient (Wildman–Crippen LogP) is 3.87. The number of nitrogens with zero attached hydrogens (tertiary/aromatic N) is 1. The number of halogens is 1. The minimum atomic E-state index is -0.346. The van der Waals surface area contributed by atoms with Gasteiger partial charge in [-0.15, -0.1) is 0 Å². The van der Waals surface area contributed by atoms with Crippen molar-refractivity contribution < 1.29 is 13.9 Å². The third kappa shape index (κ3) is 2.76. The fourth-order valence-corrected chi connectivity index (χ4v) is 3.60. The van der Waals surface area contributed by atoms with E-state index >= 15 is 0 Å². The van der Waals surface area contributed by atoms with Gasteiger partial charge in [0.15, 0.2) is 0 Å². The van der Waals surface area contributed by atoms with Gasteiger partial charge in [-0.25, -0.2) is 9.18 Å². The lowest BCUT2D eigenvalue weighted by molar-refractivity contribution is -0.142. The lowest BCUT2D eigenvalue weighted by atomic mass is 9.79. The van der Waals surface area contributed by atoms with E-state index in [4.69, 9.17) is 4.74 Å². The summed E-state index contributed by atoms with van der Waals surface area (Å²) in [4.78, 5) is 14.3. The molecule has 0 spiro atoms. The lowest BCUT2D eigenvalue weighted by Crippen LogP contribution is -2.56. The number of ether oxygens (including phenoxy) is 1. The van der Waals surface area contributed by atoms with E-state index in [1.807, 2.05) is 6.92 Å². The van der Waals surface area contributed by atoms with Gasteiger partial charge in [-0.05, 0) is 56.4 Å². The number of methoxy groups -OCH3 is 1. The van der Waals surface area contributed by atoms with Gasteiger partial charge in [-0.2, -0.15) is 0 Å². The molecule has 21 heavy (non-hydrogen) atoms. The van der Waals surface area contributed by atoms with Gasteiger partial charge in [-0.1, -0.05) is 13.8 Å². The summed E-state index contributed by atoms with van der Waals surface area (Å²) < 4.78 is 18.5. The monoisotopic (exact) mass is 293 g/mol. The van der Waals surface area contributed by atoms with Crippen LogP contribution in [0.1, 0.15) is 52.0 Å². The first kappa shape index (κ1) is 15.8. The molecule has 0 aliphatic carbocycles. The fourth-order valence-electron chi connectivity index (χ4n) is 3.60. The number of fused-ring (bicyclic) bond motifs is 1. The Kier molecular flexibility index (Phi) is 4.26. The fraction of sp³-hybridized carbons (Fsp3) is 0.588. The lowest BCUT2D eigenvalue weighted by Gasteiger charge is -2.50. The molecule has 0 fully saturated rings. The first-order valence-electron chi connectivity index (χ1n) is 7.48. The van der Waals surface area contributed by atoms with Crippen LogP contribution >= 0.6 is 0 Å². The van der Waals surface area contributed by atoms with Crippen molar-refractivity contribution in [1.29, 1.82) is 0 Å². The first-order valence-corrected chi connectivity index (χ1v) is 7.48. The van der Waals surface area contributed by atoms with E-state index in [2.05, 4.69) is 25.7 Å². The zero-order chi connectivity index (χ0) is 15.8. The van der Waals surface area contributed by atoms with Crippen molar-refractivity contribution in [3.63, 3.8) is 0 Å². The Labute approximate surface area is 126 Å². The topological polar surface area (TPSA) is 29.5 Å². The highest BCUT2D eigenvalue weighted by Gasteiger charge is 2.42. The quantitative estimate of drug-likeness (QED) is 0.792. The molecule has 0 radical (unpaired) electrons. The van der Waals surface area contributed by atoms with E-state index in [0.717, 1.165) is 17.7 Å². The van der Waals surface area contributed by atoms with Gasteiger partial charge in [0.25, 0.3) is 0 Å². The highest BCUT2D eigenvalue weighted by atomic mass is 19.1. The highest BCUT2D eigenvalue weighted by molar-refractivity contribution is 5.81. The van der Waals surface area contributed by atoms with Crippen LogP contribution in [0.4, 0.5) is 10.1 Å². The molecule has 0 aromatic heterocycles. The number of hydrogen-bond donors (Lipinski definition) is 0. The Morgan fingerprint density at radius 1 is 1.52 bits per heavy atom. The average Bonchev–Trinajstić information content (AvgIpc) is 2.42. The van der Waals surface area contributed by atoms with E-state index in [1.54, 1.807) is 12.1 Å². The molecule has 1 aliphatic heterocycles. The van der Waals surface area contributed by atoms with Crippen LogP contribution in [0.3, 0.4) is 0 Å².